The number of pyridine rings is 2. The van der Waals surface area contributed by atoms with Crippen LogP contribution in [0.15, 0.2) is 64.2 Å². The van der Waals surface area contributed by atoms with Gasteiger partial charge in [-0.15, -0.1) is 11.3 Å². The van der Waals surface area contributed by atoms with E-state index in [9.17, 15) is 5.11 Å². The van der Waals surface area contributed by atoms with Crippen molar-refractivity contribution in [3.8, 4) is 11.5 Å². The lowest BCUT2D eigenvalue weighted by atomic mass is 10.3. The molecule has 1 unspecified atom stereocenters. The third kappa shape index (κ3) is 5.33. The van der Waals surface area contributed by atoms with Crippen LogP contribution in [-0.2, 0) is 0 Å². The standard InChI is InChI=1S/C20H18N6O3S2/c1-12-16(5-7-23-26-12)29-17-8-13(31-18-4-2-3-6-21-18)9-22-19(17)25-20-24-14(11-30-20)15(28)10-27/h2-9,11,15,27-28H,10H2,1H3,(H,22,24,25). The summed E-state index contributed by atoms with van der Waals surface area (Å²) >= 11 is 2.75. The molecular formula is C20H18N6O3S2. The summed E-state index contributed by atoms with van der Waals surface area (Å²) in [5.41, 5.74) is 1.02. The van der Waals surface area contributed by atoms with Gasteiger partial charge in [-0.1, -0.05) is 17.8 Å². The summed E-state index contributed by atoms with van der Waals surface area (Å²) in [5, 5.41) is 32.9. The Bertz CT molecular complexity index is 1160. The molecule has 0 saturated carbocycles. The fraction of sp³-hybridized carbons (Fsp3) is 0.150. The number of thiazole rings is 1. The van der Waals surface area contributed by atoms with Crippen LogP contribution < -0.4 is 10.1 Å². The number of hydrogen-bond acceptors (Lipinski definition) is 11. The van der Waals surface area contributed by atoms with Crippen LogP contribution in [0.5, 0.6) is 11.5 Å². The van der Waals surface area contributed by atoms with Gasteiger partial charge in [0.15, 0.2) is 22.4 Å². The number of aryl methyl sites for hydroxylation is 1. The van der Waals surface area contributed by atoms with Crippen LogP contribution in [0, 0.1) is 6.92 Å². The number of rotatable bonds is 8. The highest BCUT2D eigenvalue weighted by atomic mass is 32.2. The van der Waals surface area contributed by atoms with Crippen molar-refractivity contribution in [1.29, 1.82) is 0 Å². The van der Waals surface area contributed by atoms with Crippen molar-refractivity contribution in [2.75, 3.05) is 11.9 Å². The molecule has 0 amide bonds. The summed E-state index contributed by atoms with van der Waals surface area (Å²) in [6.45, 7) is 1.41. The van der Waals surface area contributed by atoms with Crippen molar-refractivity contribution in [2.24, 2.45) is 0 Å². The molecule has 0 bridgehead atoms. The summed E-state index contributed by atoms with van der Waals surface area (Å²) in [4.78, 5) is 14.0. The number of anilines is 2. The maximum atomic E-state index is 9.77. The summed E-state index contributed by atoms with van der Waals surface area (Å²) < 4.78 is 6.09. The predicted octanol–water partition coefficient (Wildman–Crippen LogP) is 3.74. The van der Waals surface area contributed by atoms with Gasteiger partial charge in [-0.05, 0) is 19.1 Å². The molecule has 0 aliphatic carbocycles. The van der Waals surface area contributed by atoms with E-state index in [1.54, 1.807) is 37.0 Å². The van der Waals surface area contributed by atoms with Gasteiger partial charge >= 0.3 is 0 Å². The van der Waals surface area contributed by atoms with E-state index in [4.69, 9.17) is 9.84 Å². The lowest BCUT2D eigenvalue weighted by molar-refractivity contribution is 0.0928. The van der Waals surface area contributed by atoms with Crippen molar-refractivity contribution in [1.82, 2.24) is 25.1 Å². The van der Waals surface area contributed by atoms with Crippen LogP contribution in [0.25, 0.3) is 0 Å². The molecule has 4 heterocycles. The number of nitrogens with zero attached hydrogens (tertiary/aromatic N) is 5. The Labute approximate surface area is 186 Å². The van der Waals surface area contributed by atoms with Gasteiger partial charge in [-0.2, -0.15) is 10.2 Å². The zero-order chi connectivity index (χ0) is 21.6. The van der Waals surface area contributed by atoms with Gasteiger partial charge in [0.05, 0.1) is 18.5 Å². The number of nitrogens with one attached hydrogen (secondary N) is 1. The maximum absolute atomic E-state index is 9.77. The molecule has 158 valence electrons. The zero-order valence-corrected chi connectivity index (χ0v) is 18.0. The van der Waals surface area contributed by atoms with E-state index < -0.39 is 12.7 Å². The maximum Gasteiger partial charge on any atom is 0.188 e. The molecule has 4 rings (SSSR count). The Morgan fingerprint density at radius 3 is 2.87 bits per heavy atom. The second-order valence-electron chi connectivity index (χ2n) is 6.27. The Morgan fingerprint density at radius 2 is 2.10 bits per heavy atom. The SMILES string of the molecule is Cc1nnccc1Oc1cc(Sc2ccccn2)cnc1Nc1nc(C(O)CO)cs1. The van der Waals surface area contributed by atoms with E-state index in [2.05, 4.69) is 30.5 Å². The van der Waals surface area contributed by atoms with E-state index in [-0.39, 0.29) is 0 Å². The fourth-order valence-corrected chi connectivity index (χ4v) is 4.02. The van der Waals surface area contributed by atoms with Crippen LogP contribution in [0.2, 0.25) is 0 Å². The first-order chi connectivity index (χ1) is 15.1. The Kier molecular flexibility index (Phi) is 6.67. The predicted molar refractivity (Wildman–Crippen MR) is 117 cm³/mol. The summed E-state index contributed by atoms with van der Waals surface area (Å²) in [6.07, 6.45) is 3.97. The van der Waals surface area contributed by atoms with Crippen LogP contribution in [-0.4, -0.2) is 42.0 Å². The second-order valence-corrected chi connectivity index (χ2v) is 8.22. The molecule has 0 spiro atoms. The van der Waals surface area contributed by atoms with Gasteiger partial charge in [0.1, 0.15) is 16.8 Å². The second kappa shape index (κ2) is 9.79. The van der Waals surface area contributed by atoms with Crippen molar-refractivity contribution in [3.63, 3.8) is 0 Å². The van der Waals surface area contributed by atoms with E-state index >= 15 is 0 Å². The van der Waals surface area contributed by atoms with Gasteiger partial charge in [-0.3, -0.25) is 0 Å². The average Bonchev–Trinajstić information content (AvgIpc) is 3.26. The number of ether oxygens (including phenoxy) is 1. The molecule has 1 atom stereocenters. The molecule has 0 aliphatic heterocycles. The molecule has 0 saturated heterocycles. The molecule has 0 fully saturated rings. The van der Waals surface area contributed by atoms with E-state index in [1.807, 2.05) is 24.3 Å². The number of aliphatic hydroxyl groups excluding tert-OH is 2. The Balaban J connectivity index is 1.64. The Morgan fingerprint density at radius 1 is 1.19 bits per heavy atom. The van der Waals surface area contributed by atoms with Crippen LogP contribution in [0.4, 0.5) is 10.9 Å². The number of aromatic nitrogens is 5. The first kappa shape index (κ1) is 21.1. The minimum Gasteiger partial charge on any atom is -0.451 e. The Hall–Kier alpha value is -3.12. The normalized spacial score (nSPS) is 11.8. The smallest absolute Gasteiger partial charge is 0.188 e. The van der Waals surface area contributed by atoms with Crippen molar-refractivity contribution < 1.29 is 14.9 Å². The minimum atomic E-state index is -1.03. The first-order valence-electron chi connectivity index (χ1n) is 9.19. The zero-order valence-electron chi connectivity index (χ0n) is 16.3. The molecule has 3 N–H and O–H groups in total. The van der Waals surface area contributed by atoms with Crippen molar-refractivity contribution in [2.45, 2.75) is 22.9 Å². The van der Waals surface area contributed by atoms with Crippen molar-refractivity contribution >= 4 is 34.0 Å². The van der Waals surface area contributed by atoms with Gasteiger partial charge in [0.2, 0.25) is 0 Å². The third-order valence-electron chi connectivity index (χ3n) is 4.03. The van der Waals surface area contributed by atoms with Gasteiger partial charge in [-0.25, -0.2) is 15.0 Å². The molecule has 11 heteroatoms. The molecule has 4 aromatic heterocycles. The number of aliphatic hydroxyl groups is 2. The summed E-state index contributed by atoms with van der Waals surface area (Å²) in [6, 6.07) is 9.27. The molecule has 4 aromatic rings. The monoisotopic (exact) mass is 454 g/mol. The molecule has 0 aliphatic rings. The quantitative estimate of drug-likeness (QED) is 0.362. The summed E-state index contributed by atoms with van der Waals surface area (Å²) in [5.74, 6) is 1.47. The lowest BCUT2D eigenvalue weighted by Gasteiger charge is -2.13. The van der Waals surface area contributed by atoms with Crippen molar-refractivity contribution in [3.05, 3.63) is 65.7 Å². The third-order valence-corrected chi connectivity index (χ3v) is 5.71. The van der Waals surface area contributed by atoms with Crippen LogP contribution >= 0.6 is 23.1 Å². The summed E-state index contributed by atoms with van der Waals surface area (Å²) in [7, 11) is 0. The highest BCUT2D eigenvalue weighted by molar-refractivity contribution is 7.99. The topological polar surface area (TPSA) is 126 Å². The van der Waals surface area contributed by atoms with E-state index in [1.165, 1.54) is 23.1 Å². The van der Waals surface area contributed by atoms with Crippen LogP contribution in [0.3, 0.4) is 0 Å². The first-order valence-corrected chi connectivity index (χ1v) is 10.9. The van der Waals surface area contributed by atoms with Gasteiger partial charge in [0.25, 0.3) is 0 Å². The van der Waals surface area contributed by atoms with Crippen LogP contribution in [0.1, 0.15) is 17.5 Å². The highest BCUT2D eigenvalue weighted by Crippen LogP contribution is 2.36. The van der Waals surface area contributed by atoms with Gasteiger partial charge < -0.3 is 20.3 Å². The fourth-order valence-electron chi connectivity index (χ4n) is 2.49. The molecule has 0 radical (unpaired) electrons. The van der Waals surface area contributed by atoms with Gasteiger partial charge in [0, 0.05) is 34.8 Å². The highest BCUT2D eigenvalue weighted by Gasteiger charge is 2.15. The average molecular weight is 455 g/mol. The molecular weight excluding hydrogens is 436 g/mol. The van der Waals surface area contributed by atoms with E-state index in [0.29, 0.717) is 33.8 Å². The molecule has 9 nitrogen and oxygen atoms in total. The molecule has 31 heavy (non-hydrogen) atoms. The lowest BCUT2D eigenvalue weighted by Crippen LogP contribution is -2.03. The molecule has 0 aromatic carbocycles. The van der Waals surface area contributed by atoms with E-state index in [0.717, 1.165) is 9.92 Å². The largest absolute Gasteiger partial charge is 0.451 e. The minimum absolute atomic E-state index is 0.383. The number of hydrogen-bond donors (Lipinski definition) is 3.